The molecule has 0 fully saturated rings. The van der Waals surface area contributed by atoms with Crippen LogP contribution in [0.1, 0.15) is 33.6 Å². The van der Waals surface area contributed by atoms with Gasteiger partial charge in [0.15, 0.2) is 5.82 Å². The van der Waals surface area contributed by atoms with Crippen molar-refractivity contribution in [3.63, 3.8) is 0 Å². The summed E-state index contributed by atoms with van der Waals surface area (Å²) in [5.74, 6) is 1.28. The normalized spacial score (nSPS) is 11.4. The van der Waals surface area contributed by atoms with Crippen LogP contribution in [0.2, 0.25) is 5.02 Å². The van der Waals surface area contributed by atoms with E-state index in [2.05, 4.69) is 41.4 Å². The van der Waals surface area contributed by atoms with Gasteiger partial charge in [-0.25, -0.2) is 4.98 Å². The van der Waals surface area contributed by atoms with Gasteiger partial charge in [-0.2, -0.15) is 4.98 Å². The lowest BCUT2D eigenvalue weighted by Gasteiger charge is -2.25. The zero-order valence-corrected chi connectivity index (χ0v) is 13.5. The van der Waals surface area contributed by atoms with Gasteiger partial charge in [0.25, 0.3) is 0 Å². The average molecular weight is 301 g/mol. The average Bonchev–Trinajstić information content (AvgIpc) is 2.43. The summed E-state index contributed by atoms with van der Waals surface area (Å²) in [6.07, 6.45) is 3.62. The first-order chi connectivity index (χ1) is 9.48. The molecule has 0 aromatic carbocycles. The molecule has 1 aromatic heterocycles. The van der Waals surface area contributed by atoms with Crippen molar-refractivity contribution in [1.29, 1.82) is 0 Å². The molecule has 0 aliphatic rings. The third-order valence-electron chi connectivity index (χ3n) is 2.99. The molecule has 0 aliphatic carbocycles. The Hall–Kier alpha value is -1.07. The number of methoxy groups -OCH3 is 1. The summed E-state index contributed by atoms with van der Waals surface area (Å²) in [5.41, 5.74) is 0.112. The van der Waals surface area contributed by atoms with Crippen LogP contribution in [0.5, 0.6) is 0 Å². The van der Waals surface area contributed by atoms with E-state index in [0.29, 0.717) is 16.8 Å². The standard InChI is InChI=1S/C14H25ClN4O/c1-5-7-16-13-17-9-11(15)12(19-13)18-10-14(2,3)6-8-20-4/h9H,5-8,10H2,1-4H3,(H2,16,17,18,19). The van der Waals surface area contributed by atoms with Gasteiger partial charge in [0.1, 0.15) is 5.02 Å². The lowest BCUT2D eigenvalue weighted by atomic mass is 9.90. The van der Waals surface area contributed by atoms with Crippen molar-refractivity contribution in [2.24, 2.45) is 5.41 Å². The number of hydrogen-bond donors (Lipinski definition) is 2. The molecule has 0 unspecified atom stereocenters. The van der Waals surface area contributed by atoms with Crippen molar-refractivity contribution in [2.75, 3.05) is 37.4 Å². The molecule has 0 saturated heterocycles. The van der Waals surface area contributed by atoms with Crippen LogP contribution in [-0.4, -0.2) is 36.8 Å². The number of nitrogens with zero attached hydrogens (tertiary/aromatic N) is 2. The number of aromatic nitrogens is 2. The summed E-state index contributed by atoms with van der Waals surface area (Å²) in [6.45, 7) is 8.84. The number of halogens is 1. The molecule has 0 amide bonds. The van der Waals surface area contributed by atoms with E-state index in [1.165, 1.54) is 0 Å². The Bertz CT molecular complexity index is 412. The molecular weight excluding hydrogens is 276 g/mol. The summed E-state index contributed by atoms with van der Waals surface area (Å²) in [6, 6.07) is 0. The summed E-state index contributed by atoms with van der Waals surface area (Å²) in [4.78, 5) is 8.55. The van der Waals surface area contributed by atoms with E-state index in [4.69, 9.17) is 16.3 Å². The number of hydrogen-bond acceptors (Lipinski definition) is 5. The molecule has 0 bridgehead atoms. The Morgan fingerprint density at radius 2 is 2.10 bits per heavy atom. The fourth-order valence-electron chi connectivity index (χ4n) is 1.60. The highest BCUT2D eigenvalue weighted by molar-refractivity contribution is 6.32. The maximum atomic E-state index is 6.12. The zero-order valence-electron chi connectivity index (χ0n) is 12.8. The van der Waals surface area contributed by atoms with Crippen LogP contribution in [0.3, 0.4) is 0 Å². The second-order valence-corrected chi connectivity index (χ2v) is 5.98. The second-order valence-electron chi connectivity index (χ2n) is 5.58. The highest BCUT2D eigenvalue weighted by Crippen LogP contribution is 2.24. The first-order valence-corrected chi connectivity index (χ1v) is 7.35. The van der Waals surface area contributed by atoms with Crippen LogP contribution in [-0.2, 0) is 4.74 Å². The lowest BCUT2D eigenvalue weighted by Crippen LogP contribution is -2.25. The minimum absolute atomic E-state index is 0.112. The highest BCUT2D eigenvalue weighted by Gasteiger charge is 2.18. The number of ether oxygens (including phenoxy) is 1. The van der Waals surface area contributed by atoms with Gasteiger partial charge in [0.2, 0.25) is 5.95 Å². The lowest BCUT2D eigenvalue weighted by molar-refractivity contribution is 0.157. The van der Waals surface area contributed by atoms with Crippen LogP contribution in [0.25, 0.3) is 0 Å². The molecule has 114 valence electrons. The maximum Gasteiger partial charge on any atom is 0.224 e. The van der Waals surface area contributed by atoms with E-state index < -0.39 is 0 Å². The number of rotatable bonds is 9. The molecule has 1 rings (SSSR count). The van der Waals surface area contributed by atoms with Crippen molar-refractivity contribution in [3.05, 3.63) is 11.2 Å². The zero-order chi connectivity index (χ0) is 15.0. The third-order valence-corrected chi connectivity index (χ3v) is 3.27. The molecule has 0 atom stereocenters. The molecule has 0 radical (unpaired) electrons. The van der Waals surface area contributed by atoms with Gasteiger partial charge in [0.05, 0.1) is 6.20 Å². The smallest absolute Gasteiger partial charge is 0.224 e. The van der Waals surface area contributed by atoms with Crippen LogP contribution >= 0.6 is 11.6 Å². The van der Waals surface area contributed by atoms with Crippen LogP contribution in [0.4, 0.5) is 11.8 Å². The van der Waals surface area contributed by atoms with E-state index >= 15 is 0 Å². The third kappa shape index (κ3) is 5.92. The Morgan fingerprint density at radius 3 is 2.75 bits per heavy atom. The summed E-state index contributed by atoms with van der Waals surface area (Å²) in [7, 11) is 1.72. The molecule has 6 heteroatoms. The van der Waals surface area contributed by atoms with Crippen molar-refractivity contribution in [2.45, 2.75) is 33.6 Å². The fourth-order valence-corrected chi connectivity index (χ4v) is 1.76. The van der Waals surface area contributed by atoms with E-state index in [-0.39, 0.29) is 5.41 Å². The van der Waals surface area contributed by atoms with Crippen molar-refractivity contribution in [3.8, 4) is 0 Å². The fraction of sp³-hybridized carbons (Fsp3) is 0.714. The molecule has 0 aliphatic heterocycles. The molecule has 20 heavy (non-hydrogen) atoms. The Balaban J connectivity index is 2.61. The van der Waals surface area contributed by atoms with E-state index in [1.807, 2.05) is 0 Å². The molecule has 0 saturated carbocycles. The highest BCUT2D eigenvalue weighted by atomic mass is 35.5. The Labute approximate surface area is 126 Å². The van der Waals surface area contributed by atoms with Gasteiger partial charge in [-0.15, -0.1) is 0 Å². The molecule has 2 N–H and O–H groups in total. The van der Waals surface area contributed by atoms with Gasteiger partial charge in [0, 0.05) is 26.8 Å². The maximum absolute atomic E-state index is 6.12. The minimum Gasteiger partial charge on any atom is -0.385 e. The van der Waals surface area contributed by atoms with Gasteiger partial charge >= 0.3 is 0 Å². The first-order valence-electron chi connectivity index (χ1n) is 6.97. The van der Waals surface area contributed by atoms with Gasteiger partial charge < -0.3 is 15.4 Å². The molecule has 0 spiro atoms. The largest absolute Gasteiger partial charge is 0.385 e. The summed E-state index contributed by atoms with van der Waals surface area (Å²) in [5, 5.41) is 6.99. The molecule has 1 heterocycles. The van der Waals surface area contributed by atoms with Crippen LogP contribution in [0.15, 0.2) is 6.20 Å². The summed E-state index contributed by atoms with van der Waals surface area (Å²) >= 11 is 6.12. The molecule has 1 aromatic rings. The van der Waals surface area contributed by atoms with Gasteiger partial charge in [-0.05, 0) is 18.3 Å². The number of nitrogens with one attached hydrogen (secondary N) is 2. The molecular formula is C14H25ClN4O. The monoisotopic (exact) mass is 300 g/mol. The van der Waals surface area contributed by atoms with Crippen LogP contribution < -0.4 is 10.6 Å². The van der Waals surface area contributed by atoms with E-state index in [1.54, 1.807) is 13.3 Å². The minimum atomic E-state index is 0.112. The molecule has 5 nitrogen and oxygen atoms in total. The van der Waals surface area contributed by atoms with Crippen molar-refractivity contribution in [1.82, 2.24) is 9.97 Å². The predicted molar refractivity (Wildman–Crippen MR) is 84.6 cm³/mol. The summed E-state index contributed by atoms with van der Waals surface area (Å²) < 4.78 is 5.13. The Kier molecular flexibility index (Phi) is 7.02. The Morgan fingerprint density at radius 1 is 1.35 bits per heavy atom. The quantitative estimate of drug-likeness (QED) is 0.732. The van der Waals surface area contributed by atoms with Gasteiger partial charge in [-0.3, -0.25) is 0 Å². The first kappa shape index (κ1) is 17.0. The topological polar surface area (TPSA) is 59.1 Å². The van der Waals surface area contributed by atoms with Crippen molar-refractivity contribution < 1.29 is 4.74 Å². The van der Waals surface area contributed by atoms with Crippen molar-refractivity contribution >= 4 is 23.4 Å². The predicted octanol–water partition coefficient (Wildman–Crippen LogP) is 3.43. The van der Waals surface area contributed by atoms with E-state index in [0.717, 1.165) is 32.5 Å². The van der Waals surface area contributed by atoms with Crippen LogP contribution in [0, 0.1) is 5.41 Å². The van der Waals surface area contributed by atoms with Gasteiger partial charge in [-0.1, -0.05) is 32.4 Å². The second kappa shape index (κ2) is 8.27. The SMILES string of the molecule is CCCNc1ncc(Cl)c(NCC(C)(C)CCOC)n1. The van der Waals surface area contributed by atoms with E-state index in [9.17, 15) is 0 Å². The number of anilines is 2.